The lowest BCUT2D eigenvalue weighted by atomic mass is 10.3. The van der Waals surface area contributed by atoms with Crippen LogP contribution in [0.15, 0.2) is 6.07 Å². The van der Waals surface area contributed by atoms with Crippen LogP contribution in [0.5, 0.6) is 0 Å². The lowest BCUT2D eigenvalue weighted by Gasteiger charge is -2.34. The van der Waals surface area contributed by atoms with E-state index in [4.69, 9.17) is 11.6 Å². The van der Waals surface area contributed by atoms with Crippen molar-refractivity contribution in [2.45, 2.75) is 13.5 Å². The van der Waals surface area contributed by atoms with Crippen LogP contribution in [0.3, 0.4) is 0 Å². The second-order valence-corrected chi connectivity index (χ2v) is 5.09. The Labute approximate surface area is 108 Å². The number of halogens is 1. The molecule has 1 aliphatic heterocycles. The van der Waals surface area contributed by atoms with Gasteiger partial charge in [0.25, 0.3) is 0 Å². The van der Waals surface area contributed by atoms with E-state index in [1.54, 1.807) is 0 Å². The van der Waals surface area contributed by atoms with Crippen molar-refractivity contribution in [3.8, 4) is 0 Å². The molecular formula is C12H21ClN4. The van der Waals surface area contributed by atoms with Crippen LogP contribution >= 0.6 is 11.6 Å². The van der Waals surface area contributed by atoms with Crippen molar-refractivity contribution >= 4 is 11.6 Å². The Balaban J connectivity index is 1.84. The van der Waals surface area contributed by atoms with Crippen molar-refractivity contribution in [3.63, 3.8) is 0 Å². The quantitative estimate of drug-likeness (QED) is 0.754. The molecule has 0 spiro atoms. The molecule has 5 heteroatoms. The van der Waals surface area contributed by atoms with E-state index < -0.39 is 0 Å². The van der Waals surface area contributed by atoms with Crippen LogP contribution in [-0.2, 0) is 13.6 Å². The summed E-state index contributed by atoms with van der Waals surface area (Å²) in [5, 5.41) is 4.38. The Morgan fingerprint density at radius 1 is 1.24 bits per heavy atom. The molecule has 1 fully saturated rings. The maximum absolute atomic E-state index is 5.76. The molecule has 96 valence electrons. The molecule has 0 unspecified atom stereocenters. The number of piperazine rings is 1. The zero-order chi connectivity index (χ0) is 12.3. The molecule has 0 aliphatic carbocycles. The molecule has 0 atom stereocenters. The van der Waals surface area contributed by atoms with Gasteiger partial charge in [-0.2, -0.15) is 5.10 Å². The highest BCUT2D eigenvalue weighted by Gasteiger charge is 2.17. The summed E-state index contributed by atoms with van der Waals surface area (Å²) in [5.74, 6) is 0.737. The molecule has 0 saturated carbocycles. The first kappa shape index (κ1) is 12.9. The summed E-state index contributed by atoms with van der Waals surface area (Å²) in [6.07, 6.45) is 0. The number of aromatic nitrogens is 2. The van der Waals surface area contributed by atoms with E-state index in [1.807, 2.05) is 18.7 Å². The molecule has 0 aromatic carbocycles. The van der Waals surface area contributed by atoms with Crippen LogP contribution in [0.1, 0.15) is 11.4 Å². The van der Waals surface area contributed by atoms with Gasteiger partial charge in [0, 0.05) is 52.2 Å². The topological polar surface area (TPSA) is 24.3 Å². The molecule has 1 aromatic rings. The van der Waals surface area contributed by atoms with Gasteiger partial charge in [-0.05, 0) is 13.0 Å². The van der Waals surface area contributed by atoms with Gasteiger partial charge in [-0.3, -0.25) is 14.5 Å². The maximum atomic E-state index is 5.76. The molecule has 2 heterocycles. The van der Waals surface area contributed by atoms with Gasteiger partial charge in [0.2, 0.25) is 0 Å². The average molecular weight is 257 g/mol. The van der Waals surface area contributed by atoms with E-state index >= 15 is 0 Å². The molecule has 0 radical (unpaired) electrons. The number of hydrogen-bond donors (Lipinski definition) is 0. The normalized spacial score (nSPS) is 18.8. The summed E-state index contributed by atoms with van der Waals surface area (Å²) in [5.41, 5.74) is 2.40. The Hall–Kier alpha value is -0.580. The molecule has 4 nitrogen and oxygen atoms in total. The Bertz CT molecular complexity index is 355. The Kier molecular flexibility index (Phi) is 4.42. The summed E-state index contributed by atoms with van der Waals surface area (Å²) < 4.78 is 1.99. The van der Waals surface area contributed by atoms with Crippen LogP contribution in [-0.4, -0.2) is 58.2 Å². The zero-order valence-corrected chi connectivity index (χ0v) is 11.4. The number of hydrogen-bond acceptors (Lipinski definition) is 3. The van der Waals surface area contributed by atoms with Crippen LogP contribution in [0, 0.1) is 6.92 Å². The molecule has 17 heavy (non-hydrogen) atoms. The minimum atomic E-state index is 0.737. The van der Waals surface area contributed by atoms with Crippen molar-refractivity contribution in [2.75, 3.05) is 38.6 Å². The smallest absolute Gasteiger partial charge is 0.0597 e. The van der Waals surface area contributed by atoms with Crippen LogP contribution in [0.25, 0.3) is 0 Å². The molecule has 1 aromatic heterocycles. The lowest BCUT2D eigenvalue weighted by Crippen LogP contribution is -2.46. The molecule has 0 amide bonds. The fourth-order valence-electron chi connectivity index (χ4n) is 2.33. The zero-order valence-electron chi connectivity index (χ0n) is 10.7. The van der Waals surface area contributed by atoms with Gasteiger partial charge >= 0.3 is 0 Å². The van der Waals surface area contributed by atoms with Crippen LogP contribution in [0.4, 0.5) is 0 Å². The van der Waals surface area contributed by atoms with Gasteiger partial charge in [-0.15, -0.1) is 11.6 Å². The van der Waals surface area contributed by atoms with E-state index in [-0.39, 0.29) is 0 Å². The highest BCUT2D eigenvalue weighted by atomic mass is 35.5. The van der Waals surface area contributed by atoms with E-state index in [2.05, 4.69) is 21.0 Å². The molecule has 2 rings (SSSR count). The van der Waals surface area contributed by atoms with Gasteiger partial charge < -0.3 is 0 Å². The fourth-order valence-corrected chi connectivity index (χ4v) is 2.57. The third-order valence-corrected chi connectivity index (χ3v) is 3.52. The Morgan fingerprint density at radius 3 is 2.41 bits per heavy atom. The van der Waals surface area contributed by atoms with Crippen LogP contribution in [0.2, 0.25) is 0 Å². The van der Waals surface area contributed by atoms with E-state index in [1.165, 1.54) is 5.69 Å². The monoisotopic (exact) mass is 256 g/mol. The van der Waals surface area contributed by atoms with Gasteiger partial charge in [-0.25, -0.2) is 0 Å². The van der Waals surface area contributed by atoms with Gasteiger partial charge in [0.1, 0.15) is 0 Å². The summed E-state index contributed by atoms with van der Waals surface area (Å²) in [7, 11) is 2.02. The fraction of sp³-hybridized carbons (Fsp3) is 0.750. The van der Waals surface area contributed by atoms with Crippen molar-refractivity contribution in [1.29, 1.82) is 0 Å². The minimum absolute atomic E-state index is 0.737. The predicted molar refractivity (Wildman–Crippen MR) is 70.4 cm³/mol. The average Bonchev–Trinajstić information content (AvgIpc) is 2.61. The standard InChI is InChI=1S/C12H21ClN4/c1-11-9-12(15(2)14-11)10-17-7-5-16(4-3-13)6-8-17/h9H,3-8,10H2,1-2H3. The third kappa shape index (κ3) is 3.44. The van der Waals surface area contributed by atoms with E-state index in [0.29, 0.717) is 0 Å². The minimum Gasteiger partial charge on any atom is -0.300 e. The molecular weight excluding hydrogens is 236 g/mol. The first-order valence-electron chi connectivity index (χ1n) is 6.19. The van der Waals surface area contributed by atoms with E-state index in [9.17, 15) is 0 Å². The maximum Gasteiger partial charge on any atom is 0.0597 e. The van der Waals surface area contributed by atoms with Crippen molar-refractivity contribution in [2.24, 2.45) is 7.05 Å². The van der Waals surface area contributed by atoms with Crippen molar-refractivity contribution < 1.29 is 0 Å². The van der Waals surface area contributed by atoms with Gasteiger partial charge in [0.05, 0.1) is 11.4 Å². The summed E-state index contributed by atoms with van der Waals surface area (Å²) in [6, 6.07) is 2.17. The number of alkyl halides is 1. The molecule has 1 aliphatic rings. The first-order valence-corrected chi connectivity index (χ1v) is 6.72. The van der Waals surface area contributed by atoms with Gasteiger partial charge in [-0.1, -0.05) is 0 Å². The number of rotatable bonds is 4. The molecule has 0 N–H and O–H groups in total. The number of aryl methyl sites for hydroxylation is 2. The molecule has 1 saturated heterocycles. The van der Waals surface area contributed by atoms with Gasteiger partial charge in [0.15, 0.2) is 0 Å². The lowest BCUT2D eigenvalue weighted by molar-refractivity contribution is 0.130. The van der Waals surface area contributed by atoms with Crippen molar-refractivity contribution in [3.05, 3.63) is 17.5 Å². The largest absolute Gasteiger partial charge is 0.300 e. The summed E-state index contributed by atoms with van der Waals surface area (Å²) >= 11 is 5.76. The van der Waals surface area contributed by atoms with E-state index in [0.717, 1.165) is 50.8 Å². The number of nitrogens with zero attached hydrogens (tertiary/aromatic N) is 4. The molecule has 0 bridgehead atoms. The SMILES string of the molecule is Cc1cc(CN2CCN(CCCl)CC2)n(C)n1. The third-order valence-electron chi connectivity index (χ3n) is 3.35. The highest BCUT2D eigenvalue weighted by molar-refractivity contribution is 6.18. The summed E-state index contributed by atoms with van der Waals surface area (Å²) in [6.45, 7) is 8.57. The van der Waals surface area contributed by atoms with Crippen LogP contribution < -0.4 is 0 Å². The van der Waals surface area contributed by atoms with Crippen molar-refractivity contribution in [1.82, 2.24) is 19.6 Å². The second-order valence-electron chi connectivity index (χ2n) is 4.71. The Morgan fingerprint density at radius 2 is 1.88 bits per heavy atom. The first-order chi connectivity index (χ1) is 8.19. The highest BCUT2D eigenvalue weighted by Crippen LogP contribution is 2.09. The predicted octanol–water partition coefficient (Wildman–Crippen LogP) is 1.08. The summed E-state index contributed by atoms with van der Waals surface area (Å²) in [4.78, 5) is 4.92. The second kappa shape index (κ2) is 5.85.